The van der Waals surface area contributed by atoms with E-state index >= 15 is 0 Å². The van der Waals surface area contributed by atoms with Crippen molar-refractivity contribution in [2.75, 3.05) is 53.4 Å². The number of hydrogen-bond acceptors (Lipinski definition) is 3. The zero-order chi connectivity index (χ0) is 16.7. The van der Waals surface area contributed by atoms with Gasteiger partial charge in [0.25, 0.3) is 0 Å². The van der Waals surface area contributed by atoms with Gasteiger partial charge < -0.3 is 15.1 Å². The van der Waals surface area contributed by atoms with Crippen molar-refractivity contribution in [3.63, 3.8) is 0 Å². The molecule has 4 saturated carbocycles. The molecule has 0 radical (unpaired) electrons. The van der Waals surface area contributed by atoms with Crippen molar-refractivity contribution < 1.29 is 4.79 Å². The summed E-state index contributed by atoms with van der Waals surface area (Å²) in [5.41, 5.74) is 0.147. The minimum Gasteiger partial charge on any atom is -0.333 e. The second kappa shape index (κ2) is 6.49. The van der Waals surface area contributed by atoms with E-state index in [0.29, 0.717) is 0 Å². The summed E-state index contributed by atoms with van der Waals surface area (Å²) in [6, 6.07) is 0.212. The summed E-state index contributed by atoms with van der Waals surface area (Å²) < 4.78 is 0. The molecule has 5 aliphatic rings. The molecule has 0 aromatic rings. The summed E-state index contributed by atoms with van der Waals surface area (Å²) in [5, 5.41) is 3.52. The van der Waals surface area contributed by atoms with Crippen molar-refractivity contribution in [2.45, 2.75) is 44.1 Å². The van der Waals surface area contributed by atoms with Crippen LogP contribution in [0.2, 0.25) is 0 Å². The van der Waals surface area contributed by atoms with Gasteiger partial charge in [0.15, 0.2) is 0 Å². The third-order valence-corrected chi connectivity index (χ3v) is 6.93. The molecule has 4 bridgehead atoms. The summed E-state index contributed by atoms with van der Waals surface area (Å²) in [6.07, 6.45) is 8.02. The summed E-state index contributed by atoms with van der Waals surface area (Å²) in [6.45, 7) is 6.00. The van der Waals surface area contributed by atoms with Gasteiger partial charge in [0.05, 0.1) is 0 Å². The average molecular weight is 335 g/mol. The van der Waals surface area contributed by atoms with Crippen LogP contribution in [0.4, 0.5) is 4.79 Å². The van der Waals surface area contributed by atoms with Crippen molar-refractivity contribution in [3.8, 4) is 0 Å². The first-order chi connectivity index (χ1) is 11.5. The molecular formula is C19H34N4O. The number of rotatable bonds is 4. The van der Waals surface area contributed by atoms with Crippen LogP contribution in [-0.4, -0.2) is 79.6 Å². The van der Waals surface area contributed by atoms with Gasteiger partial charge in [0, 0.05) is 44.8 Å². The third-order valence-electron chi connectivity index (χ3n) is 6.93. The van der Waals surface area contributed by atoms with Crippen molar-refractivity contribution in [1.29, 1.82) is 0 Å². The van der Waals surface area contributed by atoms with E-state index < -0.39 is 0 Å². The highest BCUT2D eigenvalue weighted by molar-refractivity contribution is 5.75. The Hall–Kier alpha value is -0.810. The maximum absolute atomic E-state index is 12.8. The monoisotopic (exact) mass is 334 g/mol. The largest absolute Gasteiger partial charge is 0.333 e. The van der Waals surface area contributed by atoms with Gasteiger partial charge in [0.1, 0.15) is 0 Å². The highest BCUT2D eigenvalue weighted by atomic mass is 16.2. The van der Waals surface area contributed by atoms with E-state index in [2.05, 4.69) is 34.1 Å². The van der Waals surface area contributed by atoms with E-state index in [0.717, 1.165) is 57.0 Å². The first-order valence-corrected chi connectivity index (χ1v) is 9.95. The minimum atomic E-state index is 0.147. The van der Waals surface area contributed by atoms with Crippen LogP contribution in [0.3, 0.4) is 0 Å². The predicted octanol–water partition coefficient (Wildman–Crippen LogP) is 1.84. The normalized spacial score (nSPS) is 38.8. The van der Waals surface area contributed by atoms with E-state index in [1.807, 2.05) is 0 Å². The molecule has 0 atom stereocenters. The lowest BCUT2D eigenvalue weighted by Gasteiger charge is -2.57. The number of urea groups is 1. The Labute approximate surface area is 146 Å². The van der Waals surface area contributed by atoms with Crippen molar-refractivity contribution >= 4 is 6.03 Å². The van der Waals surface area contributed by atoms with Crippen LogP contribution in [0.5, 0.6) is 0 Å². The average Bonchev–Trinajstić information content (AvgIpc) is 2.51. The van der Waals surface area contributed by atoms with E-state index in [1.54, 1.807) is 0 Å². The van der Waals surface area contributed by atoms with Crippen LogP contribution in [0.25, 0.3) is 0 Å². The van der Waals surface area contributed by atoms with Gasteiger partial charge in [-0.05, 0) is 70.4 Å². The van der Waals surface area contributed by atoms with Gasteiger partial charge >= 0.3 is 6.03 Å². The lowest BCUT2D eigenvalue weighted by Crippen LogP contribution is -2.63. The SMILES string of the molecule is CN(C)CCN1CCN(C(=O)NC23CC4CC(CC(C4)C2)C3)CC1. The zero-order valence-corrected chi connectivity index (χ0v) is 15.5. The lowest BCUT2D eigenvalue weighted by atomic mass is 9.53. The van der Waals surface area contributed by atoms with Gasteiger partial charge in [0.2, 0.25) is 0 Å². The van der Waals surface area contributed by atoms with Crippen molar-refractivity contribution in [3.05, 3.63) is 0 Å². The van der Waals surface area contributed by atoms with E-state index in [4.69, 9.17) is 0 Å². The predicted molar refractivity (Wildman–Crippen MR) is 96.0 cm³/mol. The number of carbonyl (C=O) groups is 1. The van der Waals surface area contributed by atoms with Gasteiger partial charge in [-0.1, -0.05) is 0 Å². The second-order valence-electron chi connectivity index (χ2n) is 9.26. The molecule has 24 heavy (non-hydrogen) atoms. The van der Waals surface area contributed by atoms with Crippen LogP contribution in [-0.2, 0) is 0 Å². The Kier molecular flexibility index (Phi) is 4.50. The standard InChI is InChI=1S/C19H34N4O/c1-21(2)3-4-22-5-7-23(8-6-22)18(24)20-19-12-15-9-16(13-19)11-17(10-15)14-19/h15-17H,3-14H2,1-2H3,(H,20,24). The summed E-state index contributed by atoms with van der Waals surface area (Å²) in [7, 11) is 4.24. The maximum Gasteiger partial charge on any atom is 0.317 e. The summed E-state index contributed by atoms with van der Waals surface area (Å²) >= 11 is 0. The number of hydrogen-bond donors (Lipinski definition) is 1. The van der Waals surface area contributed by atoms with Crippen LogP contribution in [0.1, 0.15) is 38.5 Å². The first kappa shape index (κ1) is 16.6. The Morgan fingerprint density at radius 2 is 1.54 bits per heavy atom. The molecule has 0 aromatic carbocycles. The third kappa shape index (κ3) is 3.43. The molecule has 4 aliphatic carbocycles. The topological polar surface area (TPSA) is 38.8 Å². The number of likely N-dealkylation sites (N-methyl/N-ethyl adjacent to an activating group) is 1. The van der Waals surface area contributed by atoms with Crippen molar-refractivity contribution in [2.24, 2.45) is 17.8 Å². The fourth-order valence-corrected chi connectivity index (χ4v) is 6.09. The number of piperazine rings is 1. The quantitative estimate of drug-likeness (QED) is 0.853. The smallest absolute Gasteiger partial charge is 0.317 e. The molecule has 1 heterocycles. The molecule has 5 heteroatoms. The number of nitrogens with zero attached hydrogens (tertiary/aromatic N) is 3. The number of amides is 2. The van der Waals surface area contributed by atoms with Crippen molar-refractivity contribution in [1.82, 2.24) is 20.0 Å². The Morgan fingerprint density at radius 3 is 2.04 bits per heavy atom. The van der Waals surface area contributed by atoms with E-state index in [1.165, 1.54) is 38.5 Å². The first-order valence-electron chi connectivity index (χ1n) is 9.95. The highest BCUT2D eigenvalue weighted by Gasteiger charge is 2.51. The van der Waals surface area contributed by atoms with Crippen LogP contribution in [0.15, 0.2) is 0 Å². The molecular weight excluding hydrogens is 300 g/mol. The Bertz CT molecular complexity index is 435. The Balaban J connectivity index is 1.28. The van der Waals surface area contributed by atoms with E-state index in [9.17, 15) is 4.79 Å². The van der Waals surface area contributed by atoms with Gasteiger partial charge in [-0.25, -0.2) is 4.79 Å². The van der Waals surface area contributed by atoms with Gasteiger partial charge in [-0.2, -0.15) is 0 Å². The molecule has 5 fully saturated rings. The summed E-state index contributed by atoms with van der Waals surface area (Å²) in [4.78, 5) is 19.6. The molecule has 2 amide bonds. The van der Waals surface area contributed by atoms with Crippen LogP contribution in [0, 0.1) is 17.8 Å². The lowest BCUT2D eigenvalue weighted by molar-refractivity contribution is -0.0164. The van der Waals surface area contributed by atoms with Gasteiger partial charge in [-0.3, -0.25) is 4.90 Å². The van der Waals surface area contributed by atoms with Crippen LogP contribution >= 0.6 is 0 Å². The molecule has 0 unspecified atom stereocenters. The maximum atomic E-state index is 12.8. The molecule has 1 aliphatic heterocycles. The van der Waals surface area contributed by atoms with E-state index in [-0.39, 0.29) is 11.6 Å². The molecule has 136 valence electrons. The molecule has 1 saturated heterocycles. The summed E-state index contributed by atoms with van der Waals surface area (Å²) in [5.74, 6) is 2.67. The zero-order valence-electron chi connectivity index (χ0n) is 15.5. The number of nitrogens with one attached hydrogen (secondary N) is 1. The molecule has 5 rings (SSSR count). The highest BCUT2D eigenvalue weighted by Crippen LogP contribution is 2.55. The minimum absolute atomic E-state index is 0.147. The second-order valence-corrected chi connectivity index (χ2v) is 9.26. The molecule has 0 aromatic heterocycles. The molecule has 1 N–H and O–H groups in total. The molecule has 5 nitrogen and oxygen atoms in total. The van der Waals surface area contributed by atoms with Gasteiger partial charge in [-0.15, -0.1) is 0 Å². The number of carbonyl (C=O) groups excluding carboxylic acids is 1. The Morgan fingerprint density at radius 1 is 1.00 bits per heavy atom. The molecule has 0 spiro atoms. The fourth-order valence-electron chi connectivity index (χ4n) is 6.09. The van der Waals surface area contributed by atoms with Crippen LogP contribution < -0.4 is 5.32 Å². The fraction of sp³-hybridized carbons (Fsp3) is 0.947.